The lowest BCUT2D eigenvalue weighted by atomic mass is 9.92. The number of carbonyl (C=O) groups excluding carboxylic acids is 2. The van der Waals surface area contributed by atoms with Gasteiger partial charge in [-0.15, -0.1) is 0 Å². The maximum absolute atomic E-state index is 14.2. The van der Waals surface area contributed by atoms with Gasteiger partial charge in [0, 0.05) is 25.6 Å². The van der Waals surface area contributed by atoms with Crippen molar-refractivity contribution in [1.29, 1.82) is 0 Å². The second kappa shape index (κ2) is 11.5. The minimum absolute atomic E-state index is 0.0322. The van der Waals surface area contributed by atoms with Crippen molar-refractivity contribution in [3.63, 3.8) is 0 Å². The average molecular weight is 438 g/mol. The van der Waals surface area contributed by atoms with E-state index in [2.05, 4.69) is 0 Å². The number of piperidine rings is 1. The van der Waals surface area contributed by atoms with Gasteiger partial charge in [-0.05, 0) is 77.8 Å². The van der Waals surface area contributed by atoms with E-state index in [4.69, 9.17) is 9.47 Å². The van der Waals surface area contributed by atoms with Crippen LogP contribution < -0.4 is 4.74 Å². The Bertz CT molecular complexity index is 736. The number of benzene rings is 1. The zero-order valence-electron chi connectivity index (χ0n) is 19.2. The van der Waals surface area contributed by atoms with Crippen LogP contribution >= 0.6 is 0 Å². The molecule has 174 valence electrons. The van der Waals surface area contributed by atoms with E-state index in [0.29, 0.717) is 37.8 Å². The van der Waals surface area contributed by atoms with Crippen LogP contribution in [0.5, 0.6) is 5.75 Å². The summed E-state index contributed by atoms with van der Waals surface area (Å²) >= 11 is 0. The van der Waals surface area contributed by atoms with E-state index in [0.717, 1.165) is 25.7 Å². The van der Waals surface area contributed by atoms with Gasteiger partial charge in [0.15, 0.2) is 5.78 Å². The summed E-state index contributed by atoms with van der Waals surface area (Å²) in [4.78, 5) is 25.9. The van der Waals surface area contributed by atoms with E-state index in [1.165, 1.54) is 12.1 Å². The van der Waals surface area contributed by atoms with Gasteiger partial charge in [-0.25, -0.2) is 9.18 Å². The number of ketones is 1. The van der Waals surface area contributed by atoms with Crippen molar-refractivity contribution in [2.24, 2.45) is 5.92 Å². The molecule has 1 heterocycles. The van der Waals surface area contributed by atoms with Gasteiger partial charge in [0.1, 0.15) is 17.2 Å². The fourth-order valence-electron chi connectivity index (χ4n) is 3.58. The van der Waals surface area contributed by atoms with Crippen LogP contribution in [0.1, 0.15) is 76.6 Å². The number of rotatable bonds is 9. The topological polar surface area (TPSA) is 76.1 Å². The minimum Gasteiger partial charge on any atom is -0.493 e. The lowest BCUT2D eigenvalue weighted by molar-refractivity contribution is 0.0179. The molecule has 0 bridgehead atoms. The Morgan fingerprint density at radius 1 is 1.26 bits per heavy atom. The third-order valence-corrected chi connectivity index (χ3v) is 5.32. The molecule has 0 unspecified atom stereocenters. The smallest absolute Gasteiger partial charge is 0.410 e. The predicted octanol–water partition coefficient (Wildman–Crippen LogP) is 4.98. The number of halogens is 1. The number of ether oxygens (including phenoxy) is 2. The van der Waals surface area contributed by atoms with Crippen LogP contribution in [0.4, 0.5) is 9.18 Å². The van der Waals surface area contributed by atoms with E-state index in [1.807, 2.05) is 20.8 Å². The number of nitrogens with zero attached hydrogens (tertiary/aromatic N) is 1. The first-order valence-electron chi connectivity index (χ1n) is 11.2. The van der Waals surface area contributed by atoms with E-state index < -0.39 is 17.5 Å². The van der Waals surface area contributed by atoms with Gasteiger partial charge in [-0.2, -0.15) is 0 Å². The molecule has 0 radical (unpaired) electrons. The molecule has 1 aromatic rings. The molecular weight excluding hydrogens is 401 g/mol. The van der Waals surface area contributed by atoms with Crippen LogP contribution in [0.15, 0.2) is 18.2 Å². The van der Waals surface area contributed by atoms with Crippen molar-refractivity contribution in [3.8, 4) is 5.75 Å². The Morgan fingerprint density at radius 2 is 1.94 bits per heavy atom. The summed E-state index contributed by atoms with van der Waals surface area (Å²) in [5.74, 6) is 0.0301. The standard InChI is InChI=1S/C24H36FNO5/c1-17(27)7-10-22(28)20-9-8-19(16-21(20)25)30-15-5-6-18-11-13-26(14-12-18)23(29)31-24(2,3)4/h8-9,16-18,27H,5-7,10-15H2,1-4H3/t17-/m0/s1. The highest BCUT2D eigenvalue weighted by molar-refractivity contribution is 5.96. The number of hydrogen-bond acceptors (Lipinski definition) is 5. The summed E-state index contributed by atoms with van der Waals surface area (Å²) in [6, 6.07) is 4.30. The summed E-state index contributed by atoms with van der Waals surface area (Å²) in [6.45, 7) is 9.09. The van der Waals surface area contributed by atoms with Crippen molar-refractivity contribution in [2.75, 3.05) is 19.7 Å². The quantitative estimate of drug-likeness (QED) is 0.436. The second-order valence-electron chi connectivity index (χ2n) is 9.35. The average Bonchev–Trinajstić information content (AvgIpc) is 2.68. The summed E-state index contributed by atoms with van der Waals surface area (Å²) in [5.41, 5.74) is -0.446. The summed E-state index contributed by atoms with van der Waals surface area (Å²) < 4.78 is 25.3. The molecule has 1 aromatic carbocycles. The van der Waals surface area contributed by atoms with Gasteiger partial charge in [-0.3, -0.25) is 4.79 Å². The van der Waals surface area contributed by atoms with E-state index in [1.54, 1.807) is 17.9 Å². The molecule has 1 aliphatic rings. The fourth-order valence-corrected chi connectivity index (χ4v) is 3.58. The number of likely N-dealkylation sites (tertiary alicyclic amines) is 1. The molecular formula is C24H36FNO5. The molecule has 1 saturated heterocycles. The molecule has 1 atom stereocenters. The van der Waals surface area contributed by atoms with Crippen LogP contribution in [0.2, 0.25) is 0 Å². The van der Waals surface area contributed by atoms with Crippen LogP contribution in [-0.4, -0.2) is 53.3 Å². The molecule has 1 amide bonds. The van der Waals surface area contributed by atoms with Crippen LogP contribution in [0, 0.1) is 11.7 Å². The zero-order valence-corrected chi connectivity index (χ0v) is 19.2. The van der Waals surface area contributed by atoms with Crippen molar-refractivity contribution in [1.82, 2.24) is 4.90 Å². The number of aliphatic hydroxyl groups is 1. The molecule has 1 aliphatic heterocycles. The Kier molecular flexibility index (Phi) is 9.29. The first-order chi connectivity index (χ1) is 14.5. The van der Waals surface area contributed by atoms with Gasteiger partial charge in [0.05, 0.1) is 18.3 Å². The molecule has 1 N–H and O–H groups in total. The van der Waals surface area contributed by atoms with Gasteiger partial charge >= 0.3 is 6.09 Å². The highest BCUT2D eigenvalue weighted by atomic mass is 19.1. The Labute approximate surface area is 184 Å². The number of Topliss-reactive ketones (excluding diaryl/α,β-unsaturated/α-hetero) is 1. The molecule has 0 aromatic heterocycles. The SMILES string of the molecule is C[C@H](O)CCC(=O)c1ccc(OCCCC2CCN(C(=O)OC(C)(C)C)CC2)cc1F. The zero-order chi connectivity index (χ0) is 23.0. The molecule has 31 heavy (non-hydrogen) atoms. The third kappa shape index (κ3) is 8.85. The highest BCUT2D eigenvalue weighted by Gasteiger charge is 2.26. The molecule has 6 nitrogen and oxygen atoms in total. The number of aliphatic hydroxyl groups excluding tert-OH is 1. The number of carbonyl (C=O) groups is 2. The van der Waals surface area contributed by atoms with Crippen LogP contribution in [0.3, 0.4) is 0 Å². The molecule has 7 heteroatoms. The summed E-state index contributed by atoms with van der Waals surface area (Å²) in [5, 5.41) is 9.27. The van der Waals surface area contributed by atoms with Gasteiger partial charge in [0.2, 0.25) is 0 Å². The minimum atomic E-state index is -0.595. The largest absolute Gasteiger partial charge is 0.493 e. The Hall–Kier alpha value is -2.15. The molecule has 0 spiro atoms. The Balaban J connectivity index is 1.68. The lowest BCUT2D eigenvalue weighted by Crippen LogP contribution is -2.41. The lowest BCUT2D eigenvalue weighted by Gasteiger charge is -2.33. The maximum Gasteiger partial charge on any atom is 0.410 e. The molecule has 2 rings (SSSR count). The summed E-state index contributed by atoms with van der Waals surface area (Å²) in [6.07, 6.45) is 3.31. The monoisotopic (exact) mass is 437 g/mol. The first kappa shape index (κ1) is 25.1. The van der Waals surface area contributed by atoms with Gasteiger partial charge < -0.3 is 19.5 Å². The van der Waals surface area contributed by atoms with Crippen LogP contribution in [-0.2, 0) is 4.74 Å². The summed E-state index contributed by atoms with van der Waals surface area (Å²) in [7, 11) is 0. The van der Waals surface area contributed by atoms with E-state index in [-0.39, 0.29) is 23.9 Å². The Morgan fingerprint density at radius 3 is 2.52 bits per heavy atom. The first-order valence-corrected chi connectivity index (χ1v) is 11.2. The van der Waals surface area contributed by atoms with Crippen molar-refractivity contribution >= 4 is 11.9 Å². The third-order valence-electron chi connectivity index (χ3n) is 5.32. The van der Waals surface area contributed by atoms with Crippen molar-refractivity contribution in [3.05, 3.63) is 29.6 Å². The number of amides is 1. The number of hydrogen-bond donors (Lipinski definition) is 1. The molecule has 1 fully saturated rings. The predicted molar refractivity (Wildman–Crippen MR) is 117 cm³/mol. The van der Waals surface area contributed by atoms with Crippen molar-refractivity contribution < 1.29 is 28.6 Å². The molecule has 0 saturated carbocycles. The highest BCUT2D eigenvalue weighted by Crippen LogP contribution is 2.24. The second-order valence-corrected chi connectivity index (χ2v) is 9.35. The van der Waals surface area contributed by atoms with Crippen LogP contribution in [0.25, 0.3) is 0 Å². The van der Waals surface area contributed by atoms with Gasteiger partial charge in [-0.1, -0.05) is 0 Å². The van der Waals surface area contributed by atoms with Crippen molar-refractivity contribution in [2.45, 2.75) is 77.9 Å². The molecule has 0 aliphatic carbocycles. The van der Waals surface area contributed by atoms with E-state index in [9.17, 15) is 19.1 Å². The fraction of sp³-hybridized carbons (Fsp3) is 0.667. The van der Waals surface area contributed by atoms with E-state index >= 15 is 0 Å². The normalized spacial score (nSPS) is 16.1. The van der Waals surface area contributed by atoms with Gasteiger partial charge in [0.25, 0.3) is 0 Å². The maximum atomic E-state index is 14.2.